The molecule has 0 saturated carbocycles. The Balaban J connectivity index is 0.000000427. The van der Waals surface area contributed by atoms with Gasteiger partial charge in [-0.25, -0.2) is 0 Å². The Morgan fingerprint density at radius 1 is 0.441 bits per heavy atom. The second kappa shape index (κ2) is 19.1. The van der Waals surface area contributed by atoms with Gasteiger partial charge >= 0.3 is 40.4 Å². The van der Waals surface area contributed by atoms with Crippen LogP contribution in [0.25, 0.3) is 0 Å². The van der Waals surface area contributed by atoms with Crippen LogP contribution in [0.3, 0.4) is 0 Å². The van der Waals surface area contributed by atoms with Gasteiger partial charge in [0.25, 0.3) is 0 Å². The van der Waals surface area contributed by atoms with Gasteiger partial charge in [-0.1, -0.05) is 91.0 Å². The van der Waals surface area contributed by atoms with Crippen molar-refractivity contribution in [3.05, 3.63) is 144 Å². The third kappa shape index (κ3) is 14.6. The van der Waals surface area contributed by atoms with Gasteiger partial charge in [0.1, 0.15) is 0 Å². The van der Waals surface area contributed by atoms with Gasteiger partial charge in [0.2, 0.25) is 0 Å². The van der Waals surface area contributed by atoms with Crippen LogP contribution in [0.5, 0.6) is 0 Å². The average Bonchev–Trinajstić information content (AvgIpc) is 2.88. The summed E-state index contributed by atoms with van der Waals surface area (Å²) in [7, 11) is 0. The summed E-state index contributed by atoms with van der Waals surface area (Å²) in [6.07, 6.45) is 0. The molecule has 0 heterocycles. The number of carboxylic acids is 3. The molecule has 171 valence electrons. The van der Waals surface area contributed by atoms with Crippen molar-refractivity contribution < 1.29 is 70.1 Å². The summed E-state index contributed by atoms with van der Waals surface area (Å²) in [4.78, 5) is 30.3. The summed E-state index contributed by atoms with van der Waals surface area (Å²) in [5.74, 6) is -3.39. The van der Waals surface area contributed by atoms with Gasteiger partial charge in [-0.05, 0) is 16.7 Å². The predicted octanol–water partition coefficient (Wildman–Crippen LogP) is 1.64. The fourth-order valence-corrected chi connectivity index (χ4v) is 2.06. The summed E-state index contributed by atoms with van der Waals surface area (Å²) >= 11 is 0. The van der Waals surface area contributed by atoms with Gasteiger partial charge in [0.05, 0.1) is 17.9 Å². The first-order valence-corrected chi connectivity index (χ1v) is 9.62. The van der Waals surface area contributed by atoms with E-state index >= 15 is 0 Å². The van der Waals surface area contributed by atoms with Crippen molar-refractivity contribution in [3.8, 4) is 0 Å². The molecule has 0 unspecified atom stereocenters. The van der Waals surface area contributed by atoms with Crippen molar-refractivity contribution in [1.82, 2.24) is 0 Å². The Morgan fingerprint density at radius 2 is 0.676 bits per heavy atom. The zero-order chi connectivity index (χ0) is 24.3. The van der Waals surface area contributed by atoms with E-state index in [0.29, 0.717) is 0 Å². The molecule has 1 radical (unpaired) electrons. The number of carbonyl (C=O) groups is 3. The normalized spacial score (nSPS) is 8.47. The maximum absolute atomic E-state index is 10.1. The fraction of sp³-hybridized carbons (Fsp3) is 0. The van der Waals surface area contributed by atoms with Crippen LogP contribution < -0.4 is 15.3 Å². The summed E-state index contributed by atoms with van der Waals surface area (Å²) < 4.78 is 0. The topological polar surface area (TPSA) is 120 Å². The van der Waals surface area contributed by atoms with Crippen LogP contribution in [0.15, 0.2) is 121 Å². The minimum Gasteiger partial charge on any atom is -0.545 e. The maximum atomic E-state index is 10.1. The number of carboxylic acid groups (broad SMARTS) is 3. The maximum Gasteiger partial charge on any atom is 3.00 e. The standard InChI is InChI=1S/3C7H6O2.C6H5.Sm/c3*8-7(9)6-4-2-1-3-5-6;1-2-4-6-5-3-1;/h3*1-5H,(H,8,9);1-5H;/q;;;-1;+3/p-3. The van der Waals surface area contributed by atoms with E-state index in [2.05, 4.69) is 6.07 Å². The van der Waals surface area contributed by atoms with Gasteiger partial charge in [-0.15, -0.1) is 0 Å². The second-order valence-electron chi connectivity index (χ2n) is 6.04. The van der Waals surface area contributed by atoms with Gasteiger partial charge in [0, 0.05) is 0 Å². The molecule has 0 aliphatic carbocycles. The van der Waals surface area contributed by atoms with E-state index < -0.39 is 17.9 Å². The van der Waals surface area contributed by atoms with E-state index in [-0.39, 0.29) is 57.1 Å². The summed E-state index contributed by atoms with van der Waals surface area (Å²) in [5, 5.41) is 30.3. The third-order valence-electron chi connectivity index (χ3n) is 3.64. The number of hydrogen-bond donors (Lipinski definition) is 0. The number of rotatable bonds is 3. The quantitative estimate of drug-likeness (QED) is 0.335. The summed E-state index contributed by atoms with van der Waals surface area (Å²) in [5.41, 5.74) is 0.660. The third-order valence-corrected chi connectivity index (χ3v) is 3.64. The van der Waals surface area contributed by atoms with Crippen molar-refractivity contribution in [2.24, 2.45) is 0 Å². The van der Waals surface area contributed by atoms with Gasteiger partial charge in [0.15, 0.2) is 0 Å². The number of hydrogen-bond acceptors (Lipinski definition) is 6. The molecule has 0 amide bonds. The predicted molar refractivity (Wildman–Crippen MR) is 118 cm³/mol. The smallest absolute Gasteiger partial charge is 0.545 e. The Morgan fingerprint density at radius 3 is 0.794 bits per heavy atom. The molecule has 0 aromatic heterocycles. The van der Waals surface area contributed by atoms with Crippen molar-refractivity contribution in [2.75, 3.05) is 0 Å². The van der Waals surface area contributed by atoms with Crippen molar-refractivity contribution in [2.45, 2.75) is 0 Å². The molecule has 6 nitrogen and oxygen atoms in total. The SMILES string of the molecule is O=C([O-])c1ccccc1.O=C([O-])c1ccccc1.O=C([O-])c1ccccc1.[Sm+3].[c-]1ccccc1. The summed E-state index contributed by atoms with van der Waals surface area (Å²) in [6, 6.07) is 36.7. The van der Waals surface area contributed by atoms with E-state index in [9.17, 15) is 29.7 Å². The zero-order valence-corrected chi connectivity index (χ0v) is 20.5. The molecular formula is C27H20O6Sm-. The number of carbonyl (C=O) groups excluding carboxylic acids is 3. The van der Waals surface area contributed by atoms with E-state index in [4.69, 9.17) is 0 Å². The molecule has 4 aromatic rings. The minimum atomic E-state index is -1.13. The largest absolute Gasteiger partial charge is 3.00 e. The molecule has 0 N–H and O–H groups in total. The molecule has 0 bridgehead atoms. The van der Waals surface area contributed by atoms with Gasteiger partial charge < -0.3 is 29.7 Å². The zero-order valence-electron chi connectivity index (χ0n) is 17.9. The molecule has 0 atom stereocenters. The molecule has 7 heteroatoms. The van der Waals surface area contributed by atoms with Crippen molar-refractivity contribution in [3.63, 3.8) is 0 Å². The fourth-order valence-electron chi connectivity index (χ4n) is 2.06. The molecule has 0 spiro atoms. The first kappa shape index (κ1) is 30.6. The van der Waals surface area contributed by atoms with Crippen LogP contribution in [0.1, 0.15) is 31.1 Å². The van der Waals surface area contributed by atoms with Crippen LogP contribution in [-0.2, 0) is 0 Å². The van der Waals surface area contributed by atoms with E-state index in [0.717, 1.165) is 0 Å². The second-order valence-corrected chi connectivity index (χ2v) is 6.04. The summed E-state index contributed by atoms with van der Waals surface area (Å²) in [6.45, 7) is 0. The van der Waals surface area contributed by atoms with E-state index in [1.54, 1.807) is 54.6 Å². The monoisotopic (exact) mass is 592 g/mol. The first-order valence-electron chi connectivity index (χ1n) is 9.62. The van der Waals surface area contributed by atoms with Gasteiger partial charge in [-0.2, -0.15) is 36.4 Å². The first-order chi connectivity index (χ1) is 15.9. The number of benzene rings is 4. The molecule has 0 aliphatic rings. The van der Waals surface area contributed by atoms with Gasteiger partial charge in [-0.3, -0.25) is 0 Å². The molecule has 4 rings (SSSR count). The Labute approximate surface area is 230 Å². The molecular weight excluding hydrogens is 571 g/mol. The molecule has 0 aliphatic heterocycles. The van der Waals surface area contributed by atoms with Crippen LogP contribution >= 0.6 is 0 Å². The van der Waals surface area contributed by atoms with E-state index in [1.807, 2.05) is 30.3 Å². The van der Waals surface area contributed by atoms with Crippen molar-refractivity contribution in [1.29, 1.82) is 0 Å². The molecule has 34 heavy (non-hydrogen) atoms. The Kier molecular flexibility index (Phi) is 17.2. The van der Waals surface area contributed by atoms with Crippen LogP contribution in [0.2, 0.25) is 0 Å². The number of aromatic carboxylic acids is 3. The molecule has 0 fully saturated rings. The van der Waals surface area contributed by atoms with Crippen LogP contribution in [0, 0.1) is 46.5 Å². The van der Waals surface area contributed by atoms with Crippen LogP contribution in [-0.4, -0.2) is 17.9 Å². The Hall–Kier alpha value is -3.37. The molecule has 0 saturated heterocycles. The Bertz CT molecular complexity index is 929. The van der Waals surface area contributed by atoms with Crippen LogP contribution in [0.4, 0.5) is 0 Å². The van der Waals surface area contributed by atoms with E-state index in [1.165, 1.54) is 36.4 Å². The minimum absolute atomic E-state index is 0. The van der Waals surface area contributed by atoms with Crippen molar-refractivity contribution >= 4 is 17.9 Å². The average molecular weight is 591 g/mol. The molecule has 4 aromatic carbocycles.